The molecule has 2 atom stereocenters. The third-order valence-corrected chi connectivity index (χ3v) is 4.68. The van der Waals surface area contributed by atoms with Crippen LogP contribution >= 0.6 is 0 Å². The van der Waals surface area contributed by atoms with E-state index in [0.29, 0.717) is 24.9 Å². The molecule has 1 N–H and O–H groups in total. The van der Waals surface area contributed by atoms with Gasteiger partial charge in [-0.05, 0) is 50.5 Å². The highest BCUT2D eigenvalue weighted by Crippen LogP contribution is 2.26. The quantitative estimate of drug-likeness (QED) is 0.929. The Hall–Kier alpha value is -2.70. The molecule has 0 aliphatic carbocycles. The van der Waals surface area contributed by atoms with E-state index in [1.165, 1.54) is 6.33 Å². The average Bonchev–Trinajstić information content (AvgIpc) is 3.08. The molecule has 126 valence electrons. The van der Waals surface area contributed by atoms with Crippen LogP contribution in [-0.4, -0.2) is 49.2 Å². The number of amides is 1. The zero-order valence-corrected chi connectivity index (χ0v) is 13.7. The lowest BCUT2D eigenvalue weighted by Gasteiger charge is -2.37. The molecule has 2 heterocycles. The number of likely N-dealkylation sites (tertiary alicyclic amines) is 1. The Bertz CT molecular complexity index is 757. The molecule has 7 nitrogen and oxygen atoms in total. The number of benzene rings is 1. The zero-order chi connectivity index (χ0) is 17.3. The number of piperidine rings is 1. The van der Waals surface area contributed by atoms with E-state index in [1.54, 1.807) is 22.0 Å². The Kier molecular flexibility index (Phi) is 4.33. The summed E-state index contributed by atoms with van der Waals surface area (Å²) in [6.45, 7) is 4.31. The highest BCUT2D eigenvalue weighted by atomic mass is 16.4. The molecule has 1 amide bonds. The molecular formula is C17H20N4O3. The van der Waals surface area contributed by atoms with Gasteiger partial charge in [-0.3, -0.25) is 9.59 Å². The Morgan fingerprint density at radius 3 is 2.75 bits per heavy atom. The van der Waals surface area contributed by atoms with Gasteiger partial charge >= 0.3 is 5.97 Å². The molecule has 1 fully saturated rings. The van der Waals surface area contributed by atoms with Gasteiger partial charge in [0, 0.05) is 18.2 Å². The smallest absolute Gasteiger partial charge is 0.308 e. The van der Waals surface area contributed by atoms with Crippen molar-refractivity contribution in [3.05, 3.63) is 42.0 Å². The monoisotopic (exact) mass is 328 g/mol. The summed E-state index contributed by atoms with van der Waals surface area (Å²) in [6, 6.07) is 5.10. The first-order valence-corrected chi connectivity index (χ1v) is 7.98. The number of hydrogen-bond donors (Lipinski definition) is 1. The molecule has 1 aliphatic heterocycles. The summed E-state index contributed by atoms with van der Waals surface area (Å²) in [5, 5.41) is 13.4. The maximum Gasteiger partial charge on any atom is 0.308 e. The van der Waals surface area contributed by atoms with E-state index in [-0.39, 0.29) is 11.9 Å². The van der Waals surface area contributed by atoms with Crippen molar-refractivity contribution >= 4 is 11.9 Å². The maximum atomic E-state index is 12.8. The standard InChI is InChI=1S/C17H20N4O3/c1-11-8-13(5-6-15(11)21-10-18-9-19-21)16(22)20-7-3-4-14(12(20)2)17(23)24/h5-6,8-10,12,14H,3-4,7H2,1-2H3,(H,23,24)/t12-,14-/m1/s1. The lowest BCUT2D eigenvalue weighted by Crippen LogP contribution is -2.49. The maximum absolute atomic E-state index is 12.8. The SMILES string of the molecule is Cc1cc(C(=O)N2CCC[C@@H](C(=O)O)[C@H]2C)ccc1-n1cncn1. The Morgan fingerprint density at radius 1 is 1.33 bits per heavy atom. The molecule has 1 saturated heterocycles. The normalized spacial score (nSPS) is 20.8. The Balaban J connectivity index is 1.85. The summed E-state index contributed by atoms with van der Waals surface area (Å²) >= 11 is 0. The molecule has 2 aromatic rings. The fourth-order valence-corrected chi connectivity index (χ4v) is 3.30. The molecule has 3 rings (SSSR count). The van der Waals surface area contributed by atoms with Crippen LogP contribution in [0.5, 0.6) is 0 Å². The van der Waals surface area contributed by atoms with Gasteiger partial charge in [0.15, 0.2) is 0 Å². The van der Waals surface area contributed by atoms with E-state index >= 15 is 0 Å². The minimum Gasteiger partial charge on any atom is -0.481 e. The number of carbonyl (C=O) groups is 2. The average molecular weight is 328 g/mol. The third-order valence-electron chi connectivity index (χ3n) is 4.68. The molecule has 0 bridgehead atoms. The molecule has 1 aromatic carbocycles. The largest absolute Gasteiger partial charge is 0.481 e. The van der Waals surface area contributed by atoms with E-state index in [2.05, 4.69) is 10.1 Å². The predicted molar refractivity (Wildman–Crippen MR) is 87.0 cm³/mol. The first-order valence-electron chi connectivity index (χ1n) is 7.98. The van der Waals surface area contributed by atoms with Crippen molar-refractivity contribution in [2.45, 2.75) is 32.7 Å². The van der Waals surface area contributed by atoms with Crippen LogP contribution in [0.2, 0.25) is 0 Å². The van der Waals surface area contributed by atoms with Crippen LogP contribution in [0.25, 0.3) is 5.69 Å². The van der Waals surface area contributed by atoms with E-state index in [0.717, 1.165) is 11.3 Å². The van der Waals surface area contributed by atoms with Crippen molar-refractivity contribution in [2.75, 3.05) is 6.54 Å². The van der Waals surface area contributed by atoms with E-state index in [9.17, 15) is 14.7 Å². The van der Waals surface area contributed by atoms with Gasteiger partial charge in [0.05, 0.1) is 11.6 Å². The minimum absolute atomic E-state index is 0.123. The number of rotatable bonds is 3. The van der Waals surface area contributed by atoms with Crippen LogP contribution in [0.4, 0.5) is 0 Å². The third kappa shape index (κ3) is 2.89. The number of aliphatic carboxylic acids is 1. The molecule has 1 aromatic heterocycles. The van der Waals surface area contributed by atoms with Crippen molar-refractivity contribution in [3.8, 4) is 5.69 Å². The second-order valence-electron chi connectivity index (χ2n) is 6.17. The molecule has 0 unspecified atom stereocenters. The predicted octanol–water partition coefficient (Wildman–Crippen LogP) is 1.90. The van der Waals surface area contributed by atoms with Crippen LogP contribution in [0, 0.1) is 12.8 Å². The van der Waals surface area contributed by atoms with Crippen molar-refractivity contribution in [1.29, 1.82) is 0 Å². The fraction of sp³-hybridized carbons (Fsp3) is 0.412. The Labute approximate surface area is 139 Å². The molecule has 7 heteroatoms. The van der Waals surface area contributed by atoms with Crippen LogP contribution in [-0.2, 0) is 4.79 Å². The first-order chi connectivity index (χ1) is 11.5. The van der Waals surface area contributed by atoms with Gasteiger partial charge in [0.25, 0.3) is 5.91 Å². The van der Waals surface area contributed by atoms with Crippen LogP contribution in [0.1, 0.15) is 35.7 Å². The number of carboxylic acid groups (broad SMARTS) is 1. The summed E-state index contributed by atoms with van der Waals surface area (Å²) in [7, 11) is 0. The van der Waals surface area contributed by atoms with Gasteiger partial charge in [0.2, 0.25) is 0 Å². The summed E-state index contributed by atoms with van der Waals surface area (Å²) < 4.78 is 1.65. The summed E-state index contributed by atoms with van der Waals surface area (Å²) in [6.07, 6.45) is 4.39. The molecule has 1 aliphatic rings. The highest BCUT2D eigenvalue weighted by molar-refractivity contribution is 5.95. The minimum atomic E-state index is -0.835. The first kappa shape index (κ1) is 16.2. The van der Waals surface area contributed by atoms with Gasteiger partial charge in [-0.2, -0.15) is 5.10 Å². The van der Waals surface area contributed by atoms with Crippen LogP contribution in [0.15, 0.2) is 30.9 Å². The number of carbonyl (C=O) groups excluding carboxylic acids is 1. The van der Waals surface area contributed by atoms with Crippen molar-refractivity contribution < 1.29 is 14.7 Å². The topological polar surface area (TPSA) is 88.3 Å². The molecule has 0 spiro atoms. The lowest BCUT2D eigenvalue weighted by molar-refractivity contribution is -0.144. The summed E-state index contributed by atoms with van der Waals surface area (Å²) in [5.41, 5.74) is 2.33. The van der Waals surface area contributed by atoms with Gasteiger partial charge in [0.1, 0.15) is 12.7 Å². The molecule has 0 saturated carbocycles. The second-order valence-corrected chi connectivity index (χ2v) is 6.17. The summed E-state index contributed by atoms with van der Waals surface area (Å²) in [4.78, 5) is 29.8. The van der Waals surface area contributed by atoms with Gasteiger partial charge < -0.3 is 10.0 Å². The van der Waals surface area contributed by atoms with E-state index < -0.39 is 11.9 Å². The Morgan fingerprint density at radius 2 is 2.12 bits per heavy atom. The van der Waals surface area contributed by atoms with Gasteiger partial charge in [-0.1, -0.05) is 0 Å². The van der Waals surface area contributed by atoms with Crippen molar-refractivity contribution in [2.24, 2.45) is 5.92 Å². The second kappa shape index (κ2) is 6.43. The lowest BCUT2D eigenvalue weighted by atomic mass is 9.89. The van der Waals surface area contributed by atoms with Gasteiger partial charge in [-0.25, -0.2) is 9.67 Å². The van der Waals surface area contributed by atoms with Crippen molar-refractivity contribution in [1.82, 2.24) is 19.7 Å². The number of carboxylic acids is 1. The highest BCUT2D eigenvalue weighted by Gasteiger charge is 2.35. The fourth-order valence-electron chi connectivity index (χ4n) is 3.30. The molecule has 24 heavy (non-hydrogen) atoms. The van der Waals surface area contributed by atoms with Crippen LogP contribution in [0.3, 0.4) is 0 Å². The molecule has 0 radical (unpaired) electrons. The summed E-state index contributed by atoms with van der Waals surface area (Å²) in [5.74, 6) is -1.46. The van der Waals surface area contributed by atoms with E-state index in [4.69, 9.17) is 0 Å². The number of nitrogens with zero attached hydrogens (tertiary/aromatic N) is 4. The van der Waals surface area contributed by atoms with Crippen LogP contribution < -0.4 is 0 Å². The van der Waals surface area contributed by atoms with E-state index in [1.807, 2.05) is 26.0 Å². The van der Waals surface area contributed by atoms with Crippen molar-refractivity contribution in [3.63, 3.8) is 0 Å². The number of aromatic nitrogens is 3. The number of aryl methyl sites for hydroxylation is 1. The van der Waals surface area contributed by atoms with Gasteiger partial charge in [-0.15, -0.1) is 0 Å². The number of hydrogen-bond acceptors (Lipinski definition) is 4. The molecular weight excluding hydrogens is 308 g/mol. The zero-order valence-electron chi connectivity index (χ0n) is 13.7.